The van der Waals surface area contributed by atoms with Crippen molar-refractivity contribution in [3.8, 4) is 0 Å². The van der Waals surface area contributed by atoms with Crippen LogP contribution in [0.1, 0.15) is 13.8 Å². The molecule has 0 aliphatic heterocycles. The van der Waals surface area contributed by atoms with E-state index in [-0.39, 0.29) is 5.91 Å². The summed E-state index contributed by atoms with van der Waals surface area (Å²) in [4.78, 5) is 10.5. The normalized spacial score (nSPS) is 12.8. The molecule has 0 aliphatic carbocycles. The molecule has 0 rings (SSSR count). The van der Waals surface area contributed by atoms with Crippen LogP contribution < -0.4 is 11.3 Å². The van der Waals surface area contributed by atoms with Gasteiger partial charge >= 0.3 is 0 Å². The molecule has 0 heterocycles. The average Bonchev–Trinajstić information content (AvgIpc) is 1.87. The highest BCUT2D eigenvalue weighted by Crippen LogP contribution is 1.87. The Morgan fingerprint density at radius 2 is 2.44 bits per heavy atom. The Morgan fingerprint density at radius 1 is 1.89 bits per heavy atom. The fourth-order valence-corrected chi connectivity index (χ4v) is 0.443. The summed E-state index contributed by atoms with van der Waals surface area (Å²) in [6, 6.07) is 0. The molecule has 0 saturated carbocycles. The van der Waals surface area contributed by atoms with Crippen molar-refractivity contribution >= 4 is 5.91 Å². The van der Waals surface area contributed by atoms with Gasteiger partial charge in [0.1, 0.15) is 6.10 Å². The van der Waals surface area contributed by atoms with Gasteiger partial charge in [0.15, 0.2) is 0 Å². The highest BCUT2D eigenvalue weighted by molar-refractivity contribution is 5.79. The van der Waals surface area contributed by atoms with Gasteiger partial charge in [-0.15, -0.1) is 0 Å². The zero-order valence-electron chi connectivity index (χ0n) is 5.68. The lowest BCUT2D eigenvalue weighted by atomic mass is 10.4. The molecule has 4 nitrogen and oxygen atoms in total. The molecule has 1 atom stereocenters. The minimum Gasteiger partial charge on any atom is -0.369 e. The van der Waals surface area contributed by atoms with E-state index < -0.39 is 6.10 Å². The molecule has 3 N–H and O–H groups in total. The van der Waals surface area contributed by atoms with Crippen LogP contribution in [0.4, 0.5) is 0 Å². The van der Waals surface area contributed by atoms with Gasteiger partial charge in [-0.1, -0.05) is 0 Å². The molecule has 0 saturated heterocycles. The number of ether oxygens (including phenoxy) is 1. The Labute approximate surface area is 54.3 Å². The highest BCUT2D eigenvalue weighted by Gasteiger charge is 2.08. The first-order valence-corrected chi connectivity index (χ1v) is 2.84. The number of carbonyl (C=O) groups is 1. The Hall–Kier alpha value is -0.610. The minimum atomic E-state index is -0.444. The van der Waals surface area contributed by atoms with Gasteiger partial charge in [0.2, 0.25) is 0 Å². The van der Waals surface area contributed by atoms with Crippen LogP contribution in [0.15, 0.2) is 0 Å². The highest BCUT2D eigenvalue weighted by atomic mass is 16.5. The van der Waals surface area contributed by atoms with Crippen LogP contribution in [0.25, 0.3) is 0 Å². The van der Waals surface area contributed by atoms with Crippen molar-refractivity contribution in [1.29, 1.82) is 0 Å². The Morgan fingerprint density at radius 3 is 2.78 bits per heavy atom. The minimum absolute atomic E-state index is 0.295. The number of amides is 1. The molecule has 0 radical (unpaired) electrons. The number of hydrazine groups is 1. The van der Waals surface area contributed by atoms with E-state index in [1.807, 2.05) is 12.3 Å². The molecule has 0 aliphatic rings. The number of carbonyl (C=O) groups excluding carboxylic acids is 1. The first-order chi connectivity index (χ1) is 4.22. The number of hydrogen-bond acceptors (Lipinski definition) is 3. The van der Waals surface area contributed by atoms with Crippen LogP contribution in [0.2, 0.25) is 0 Å². The summed E-state index contributed by atoms with van der Waals surface area (Å²) < 4.78 is 4.90. The predicted molar refractivity (Wildman–Crippen MR) is 33.4 cm³/mol. The van der Waals surface area contributed by atoms with E-state index in [1.54, 1.807) is 6.92 Å². The van der Waals surface area contributed by atoms with E-state index in [1.165, 1.54) is 0 Å². The molecule has 0 aromatic carbocycles. The smallest absolute Gasteiger partial charge is 0.262 e. The fraction of sp³-hybridized carbons (Fsp3) is 0.800. The zero-order valence-corrected chi connectivity index (χ0v) is 5.68. The van der Waals surface area contributed by atoms with E-state index in [4.69, 9.17) is 10.6 Å². The van der Waals surface area contributed by atoms with Gasteiger partial charge in [-0.3, -0.25) is 10.2 Å². The first kappa shape index (κ1) is 8.39. The summed E-state index contributed by atoms with van der Waals surface area (Å²) in [6.45, 7) is 3.99. The molecule has 1 amide bonds. The van der Waals surface area contributed by atoms with E-state index in [9.17, 15) is 4.79 Å². The Balaban J connectivity index is 3.45. The molecule has 1 unspecified atom stereocenters. The molecule has 0 aromatic heterocycles. The SMILES string of the molecule is CCOC(C)C(=O)NN. The maximum Gasteiger partial charge on any atom is 0.262 e. The van der Waals surface area contributed by atoms with E-state index in [2.05, 4.69) is 0 Å². The van der Waals surface area contributed by atoms with Crippen molar-refractivity contribution in [2.24, 2.45) is 5.84 Å². The molecule has 9 heavy (non-hydrogen) atoms. The molecular weight excluding hydrogens is 120 g/mol. The summed E-state index contributed by atoms with van der Waals surface area (Å²) in [5, 5.41) is 0. The third-order valence-electron chi connectivity index (χ3n) is 0.928. The third-order valence-corrected chi connectivity index (χ3v) is 0.928. The zero-order chi connectivity index (χ0) is 7.28. The maximum atomic E-state index is 10.5. The summed E-state index contributed by atoms with van der Waals surface area (Å²) in [6.07, 6.45) is -0.444. The van der Waals surface area contributed by atoms with Crippen LogP contribution >= 0.6 is 0 Å². The van der Waals surface area contributed by atoms with Crippen molar-refractivity contribution in [3.05, 3.63) is 0 Å². The lowest BCUT2D eigenvalue weighted by Crippen LogP contribution is -2.38. The average molecular weight is 132 g/mol. The summed E-state index contributed by atoms with van der Waals surface area (Å²) in [7, 11) is 0. The van der Waals surface area contributed by atoms with E-state index >= 15 is 0 Å². The quantitative estimate of drug-likeness (QED) is 0.306. The second-order valence-corrected chi connectivity index (χ2v) is 1.61. The van der Waals surface area contributed by atoms with Gasteiger partial charge < -0.3 is 4.74 Å². The van der Waals surface area contributed by atoms with Gasteiger partial charge in [0.05, 0.1) is 0 Å². The predicted octanol–water partition coefficient (Wildman–Crippen LogP) is -0.599. The first-order valence-electron chi connectivity index (χ1n) is 2.84. The Kier molecular flexibility index (Phi) is 4.00. The fourth-order valence-electron chi connectivity index (χ4n) is 0.443. The van der Waals surface area contributed by atoms with Gasteiger partial charge in [-0.2, -0.15) is 0 Å². The molecular formula is C5H12N2O2. The van der Waals surface area contributed by atoms with Crippen LogP contribution in [0.5, 0.6) is 0 Å². The third kappa shape index (κ3) is 3.05. The Bertz CT molecular complexity index is 95.0. The van der Waals surface area contributed by atoms with Crippen molar-refractivity contribution < 1.29 is 9.53 Å². The number of rotatable bonds is 3. The van der Waals surface area contributed by atoms with E-state index in [0.29, 0.717) is 6.61 Å². The van der Waals surface area contributed by atoms with Crippen molar-refractivity contribution in [3.63, 3.8) is 0 Å². The number of nitrogens with one attached hydrogen (secondary N) is 1. The second kappa shape index (κ2) is 4.29. The largest absolute Gasteiger partial charge is 0.369 e. The van der Waals surface area contributed by atoms with Crippen molar-refractivity contribution in [2.75, 3.05) is 6.61 Å². The van der Waals surface area contributed by atoms with Crippen LogP contribution in [0, 0.1) is 0 Å². The second-order valence-electron chi connectivity index (χ2n) is 1.61. The van der Waals surface area contributed by atoms with Crippen LogP contribution in [0.3, 0.4) is 0 Å². The maximum absolute atomic E-state index is 10.5. The number of hydrogen-bond donors (Lipinski definition) is 2. The summed E-state index contributed by atoms with van der Waals surface area (Å²) in [5.74, 6) is 4.53. The monoisotopic (exact) mass is 132 g/mol. The molecule has 0 spiro atoms. The molecule has 4 heteroatoms. The van der Waals surface area contributed by atoms with Gasteiger partial charge in [-0.25, -0.2) is 5.84 Å². The van der Waals surface area contributed by atoms with Crippen LogP contribution in [-0.4, -0.2) is 18.6 Å². The van der Waals surface area contributed by atoms with Gasteiger partial charge in [-0.05, 0) is 13.8 Å². The molecule has 0 bridgehead atoms. The lowest BCUT2D eigenvalue weighted by molar-refractivity contribution is -0.131. The topological polar surface area (TPSA) is 64.3 Å². The van der Waals surface area contributed by atoms with Crippen molar-refractivity contribution in [1.82, 2.24) is 5.43 Å². The van der Waals surface area contributed by atoms with Crippen molar-refractivity contribution in [2.45, 2.75) is 20.0 Å². The van der Waals surface area contributed by atoms with Gasteiger partial charge in [0.25, 0.3) is 5.91 Å². The van der Waals surface area contributed by atoms with E-state index in [0.717, 1.165) is 0 Å². The number of nitrogens with two attached hydrogens (primary N) is 1. The summed E-state index contributed by atoms with van der Waals surface area (Å²) >= 11 is 0. The standard InChI is InChI=1S/C5H12N2O2/c1-3-9-4(2)5(8)7-6/h4H,3,6H2,1-2H3,(H,7,8). The van der Waals surface area contributed by atoms with Gasteiger partial charge in [0, 0.05) is 6.61 Å². The molecule has 0 aromatic rings. The summed E-state index contributed by atoms with van der Waals surface area (Å²) in [5.41, 5.74) is 1.99. The lowest BCUT2D eigenvalue weighted by Gasteiger charge is -2.07. The molecule has 0 fully saturated rings. The molecule has 54 valence electrons. The van der Waals surface area contributed by atoms with Crippen LogP contribution in [-0.2, 0) is 9.53 Å².